The minimum Gasteiger partial charge on any atom is -0.335 e. The van der Waals surface area contributed by atoms with Gasteiger partial charge >= 0.3 is 0 Å². The van der Waals surface area contributed by atoms with E-state index in [1.54, 1.807) is 0 Å². The molecule has 0 amide bonds. The Kier molecular flexibility index (Phi) is 30.0. The standard InChI is InChI=1S/C4H11Si.C3H7.Y/c1-4-5(2)3;1-3-2;/h4H2,1-3H3;3H,1-2H3;/q;-1;. The fourth-order valence-electron chi connectivity index (χ4n) is 0. The van der Waals surface area contributed by atoms with Gasteiger partial charge in [0.15, 0.2) is 0 Å². The van der Waals surface area contributed by atoms with Crippen LogP contribution in [0.5, 0.6) is 0 Å². The summed E-state index contributed by atoms with van der Waals surface area (Å²) < 4.78 is 0. The van der Waals surface area contributed by atoms with Crippen LogP contribution < -0.4 is 0 Å². The Bertz CT molecular complexity index is 30.1. The zero-order valence-corrected chi connectivity index (χ0v) is 11.2. The summed E-state index contributed by atoms with van der Waals surface area (Å²) in [5.41, 5.74) is 0. The summed E-state index contributed by atoms with van der Waals surface area (Å²) in [4.78, 5) is 0. The SMILES string of the molecule is CC[Si](C)C.C[CH-]C.[Y]. The average molecular weight is 219 g/mol. The van der Waals surface area contributed by atoms with Crippen molar-refractivity contribution < 1.29 is 32.7 Å². The Morgan fingerprint density at radius 1 is 1.22 bits per heavy atom. The van der Waals surface area contributed by atoms with Gasteiger partial charge in [0.05, 0.1) is 0 Å². The second-order valence-corrected chi connectivity index (χ2v) is 5.26. The van der Waals surface area contributed by atoms with Crippen LogP contribution in [0.25, 0.3) is 0 Å². The van der Waals surface area contributed by atoms with E-state index in [4.69, 9.17) is 0 Å². The fraction of sp³-hybridized carbons (Fsp3) is 0.857. The Morgan fingerprint density at radius 2 is 1.33 bits per heavy atom. The van der Waals surface area contributed by atoms with Gasteiger partial charge in [-0.15, -0.1) is 0 Å². The third kappa shape index (κ3) is 45.3. The predicted molar refractivity (Wildman–Crippen MR) is 43.6 cm³/mol. The Hall–Kier alpha value is 1.32. The molecule has 0 nitrogen and oxygen atoms in total. The quantitative estimate of drug-likeness (QED) is 0.470. The molecule has 2 heteroatoms. The minimum atomic E-state index is 0. The summed E-state index contributed by atoms with van der Waals surface area (Å²) in [6, 6.07) is 1.41. The first-order chi connectivity index (χ1) is 3.68. The summed E-state index contributed by atoms with van der Waals surface area (Å²) in [6.07, 6.45) is 2.00. The monoisotopic (exact) mass is 219 g/mol. The largest absolute Gasteiger partial charge is 0.335 e. The van der Waals surface area contributed by atoms with Gasteiger partial charge in [0, 0.05) is 41.5 Å². The van der Waals surface area contributed by atoms with Gasteiger partial charge in [-0.1, -0.05) is 26.1 Å². The first kappa shape index (κ1) is 16.7. The molecule has 0 aromatic heterocycles. The van der Waals surface area contributed by atoms with Crippen molar-refractivity contribution in [3.8, 4) is 0 Å². The van der Waals surface area contributed by atoms with E-state index in [-0.39, 0.29) is 41.5 Å². The van der Waals surface area contributed by atoms with Crippen molar-refractivity contribution in [2.75, 3.05) is 0 Å². The van der Waals surface area contributed by atoms with Crippen LogP contribution in [0, 0.1) is 6.42 Å². The molecule has 0 saturated carbocycles. The Labute approximate surface area is 87.3 Å². The van der Waals surface area contributed by atoms with Crippen molar-refractivity contribution in [3.05, 3.63) is 6.42 Å². The third-order valence-electron chi connectivity index (χ3n) is 0.707. The van der Waals surface area contributed by atoms with Gasteiger partial charge in [-0.05, 0) is 0 Å². The zero-order chi connectivity index (χ0) is 6.99. The van der Waals surface area contributed by atoms with Crippen LogP contribution >= 0.6 is 0 Å². The van der Waals surface area contributed by atoms with E-state index in [0.717, 1.165) is 0 Å². The average Bonchev–Trinajstić information content (AvgIpc) is 1.69. The molecule has 0 rings (SSSR count). The molecule has 0 N–H and O–H groups in total. The molecule has 0 bridgehead atoms. The summed E-state index contributed by atoms with van der Waals surface area (Å²) >= 11 is 0. The minimum absolute atomic E-state index is 0. The van der Waals surface area contributed by atoms with Gasteiger partial charge < -0.3 is 6.42 Å². The second-order valence-electron chi connectivity index (χ2n) is 2.14. The van der Waals surface area contributed by atoms with Crippen LogP contribution in [0.1, 0.15) is 20.8 Å². The topological polar surface area (TPSA) is 0 Å². The Balaban J connectivity index is -0.0000000800. The molecule has 0 fully saturated rings. The van der Waals surface area contributed by atoms with E-state index in [9.17, 15) is 0 Å². The molecule has 0 spiro atoms. The van der Waals surface area contributed by atoms with Crippen molar-refractivity contribution in [2.45, 2.75) is 39.9 Å². The van der Waals surface area contributed by atoms with E-state index < -0.39 is 0 Å². The fourth-order valence-corrected chi connectivity index (χ4v) is 0. The molecule has 0 aromatic carbocycles. The van der Waals surface area contributed by atoms with E-state index in [2.05, 4.69) is 20.0 Å². The van der Waals surface area contributed by atoms with Gasteiger partial charge in [-0.3, -0.25) is 0 Å². The molecule has 9 heavy (non-hydrogen) atoms. The van der Waals surface area contributed by atoms with Crippen molar-refractivity contribution in [2.24, 2.45) is 0 Å². The number of hydrogen-bond donors (Lipinski definition) is 0. The van der Waals surface area contributed by atoms with Gasteiger partial charge in [0.25, 0.3) is 0 Å². The summed E-state index contributed by atoms with van der Waals surface area (Å²) in [5.74, 6) is 0. The maximum atomic E-state index is 2.32. The van der Waals surface area contributed by atoms with Crippen molar-refractivity contribution in [1.29, 1.82) is 0 Å². The predicted octanol–water partition coefficient (Wildman–Crippen LogP) is 2.99. The molecule has 0 aromatic rings. The van der Waals surface area contributed by atoms with Gasteiger partial charge in [-0.25, -0.2) is 0 Å². The van der Waals surface area contributed by atoms with Crippen LogP contribution in [0.4, 0.5) is 0 Å². The molecule has 2 radical (unpaired) electrons. The molecule has 0 aliphatic carbocycles. The molecule has 0 saturated heterocycles. The summed E-state index contributed by atoms with van der Waals surface area (Å²) in [5, 5.41) is 0. The Morgan fingerprint density at radius 3 is 1.33 bits per heavy atom. The maximum Gasteiger partial charge on any atom is 0.0410 e. The van der Waals surface area contributed by atoms with E-state index in [1.165, 1.54) is 6.04 Å². The molecule has 0 atom stereocenters. The second kappa shape index (κ2) is 16.2. The maximum absolute atomic E-state index is 2.32. The van der Waals surface area contributed by atoms with Crippen LogP contribution in [-0.4, -0.2) is 8.80 Å². The normalized spacial score (nSPS) is 7.33. The molecule has 0 aliphatic heterocycles. The van der Waals surface area contributed by atoms with Gasteiger partial charge in [-0.2, -0.15) is 13.8 Å². The van der Waals surface area contributed by atoms with Crippen molar-refractivity contribution in [1.82, 2.24) is 0 Å². The van der Waals surface area contributed by atoms with Crippen LogP contribution in [0.2, 0.25) is 19.1 Å². The number of hydrogen-bond acceptors (Lipinski definition) is 0. The molecule has 0 unspecified atom stereocenters. The molecular formula is C7H18SiY-. The first-order valence-corrected chi connectivity index (χ1v) is 5.92. The molecule has 0 aliphatic rings. The summed E-state index contributed by atoms with van der Waals surface area (Å²) in [7, 11) is 0.126. The van der Waals surface area contributed by atoms with E-state index in [1.807, 2.05) is 20.3 Å². The molecule has 54 valence electrons. The van der Waals surface area contributed by atoms with Gasteiger partial charge in [0.1, 0.15) is 0 Å². The van der Waals surface area contributed by atoms with Crippen molar-refractivity contribution in [3.63, 3.8) is 0 Å². The molecule has 0 heterocycles. The van der Waals surface area contributed by atoms with E-state index in [0.29, 0.717) is 0 Å². The van der Waals surface area contributed by atoms with E-state index >= 15 is 0 Å². The summed E-state index contributed by atoms with van der Waals surface area (Å²) in [6.45, 7) is 10.9. The smallest absolute Gasteiger partial charge is 0.0410 e. The third-order valence-corrected chi connectivity index (χ3v) is 2.12. The first-order valence-electron chi connectivity index (χ1n) is 3.22. The number of rotatable bonds is 1. The van der Waals surface area contributed by atoms with Crippen LogP contribution in [0.15, 0.2) is 0 Å². The van der Waals surface area contributed by atoms with Gasteiger partial charge in [0.2, 0.25) is 0 Å². The molecular weight excluding hydrogens is 201 g/mol. The van der Waals surface area contributed by atoms with Crippen LogP contribution in [-0.2, 0) is 32.7 Å². The van der Waals surface area contributed by atoms with Crippen LogP contribution in [0.3, 0.4) is 0 Å². The zero-order valence-electron chi connectivity index (χ0n) is 7.36. The van der Waals surface area contributed by atoms with Crippen molar-refractivity contribution >= 4 is 8.80 Å².